The molecule has 9 heteroatoms. The Morgan fingerprint density at radius 2 is 1.88 bits per heavy atom. The van der Waals surface area contributed by atoms with Gasteiger partial charge in [0.2, 0.25) is 10.0 Å². The molecule has 0 bridgehead atoms. The predicted molar refractivity (Wildman–Crippen MR) is 131 cm³/mol. The molecule has 0 saturated heterocycles. The van der Waals surface area contributed by atoms with Crippen LogP contribution in [0.3, 0.4) is 0 Å². The topological polar surface area (TPSA) is 92.4 Å². The van der Waals surface area contributed by atoms with Crippen molar-refractivity contribution in [3.8, 4) is 5.75 Å². The minimum atomic E-state index is -3.93. The summed E-state index contributed by atoms with van der Waals surface area (Å²) in [7, 11) is -3.93. The number of fused-ring (bicyclic) bond motifs is 1. The number of aromatic nitrogens is 2. The first-order valence-corrected chi connectivity index (χ1v) is 12.5. The van der Waals surface area contributed by atoms with E-state index < -0.39 is 10.0 Å². The van der Waals surface area contributed by atoms with Crippen LogP contribution in [0.1, 0.15) is 18.1 Å². The number of pyridine rings is 2. The lowest BCUT2D eigenvalue weighted by Gasteiger charge is -2.23. The maximum absolute atomic E-state index is 13.6. The van der Waals surface area contributed by atoms with Gasteiger partial charge >= 0.3 is 0 Å². The van der Waals surface area contributed by atoms with Crippen LogP contribution in [0.15, 0.2) is 87.2 Å². The fraction of sp³-hybridized carbons (Fsp3) is 0.167. The Hall–Kier alpha value is -3.01. The van der Waals surface area contributed by atoms with E-state index in [9.17, 15) is 13.2 Å². The van der Waals surface area contributed by atoms with Crippen molar-refractivity contribution in [2.45, 2.75) is 24.9 Å². The number of hydrogen-bond acceptors (Lipinski definition) is 5. The third kappa shape index (κ3) is 5.16. The molecular formula is C24H22BrN3O4S. The molecule has 0 aliphatic heterocycles. The molecule has 4 aromatic rings. The van der Waals surface area contributed by atoms with Crippen molar-refractivity contribution >= 4 is 36.9 Å². The summed E-state index contributed by atoms with van der Waals surface area (Å²) in [6.45, 7) is 2.37. The van der Waals surface area contributed by atoms with E-state index in [4.69, 9.17) is 4.74 Å². The molecule has 0 atom stereocenters. The SMILES string of the molecule is CCOc1ccc2[nH]c(=O)c(CN(Cc3cccnc3)S(=O)(=O)c3ccccc3Br)cc2c1. The van der Waals surface area contributed by atoms with Gasteiger partial charge in [0.05, 0.1) is 11.5 Å². The van der Waals surface area contributed by atoms with Crippen LogP contribution in [0.25, 0.3) is 10.9 Å². The van der Waals surface area contributed by atoms with E-state index in [-0.39, 0.29) is 23.5 Å². The Morgan fingerprint density at radius 1 is 1.06 bits per heavy atom. The van der Waals surface area contributed by atoms with Gasteiger partial charge in [-0.15, -0.1) is 0 Å². The summed E-state index contributed by atoms with van der Waals surface area (Å²) in [6.07, 6.45) is 3.24. The van der Waals surface area contributed by atoms with Crippen LogP contribution in [0, 0.1) is 0 Å². The van der Waals surface area contributed by atoms with Gasteiger partial charge in [0.25, 0.3) is 5.56 Å². The number of ether oxygens (including phenoxy) is 1. The van der Waals surface area contributed by atoms with Crippen LogP contribution in [0.2, 0.25) is 0 Å². The summed E-state index contributed by atoms with van der Waals surface area (Å²) in [5.74, 6) is 0.677. The van der Waals surface area contributed by atoms with Crippen molar-refractivity contribution in [2.24, 2.45) is 0 Å². The number of sulfonamides is 1. The van der Waals surface area contributed by atoms with Crippen molar-refractivity contribution in [1.82, 2.24) is 14.3 Å². The molecule has 0 fully saturated rings. The third-order valence-corrected chi connectivity index (χ3v) is 7.89. The normalized spacial score (nSPS) is 11.7. The first-order chi connectivity index (χ1) is 15.9. The number of rotatable bonds is 8. The van der Waals surface area contributed by atoms with Crippen LogP contribution in [0.4, 0.5) is 0 Å². The van der Waals surface area contributed by atoms with Crippen molar-refractivity contribution < 1.29 is 13.2 Å². The highest BCUT2D eigenvalue weighted by atomic mass is 79.9. The summed E-state index contributed by atoms with van der Waals surface area (Å²) >= 11 is 3.34. The first kappa shape index (κ1) is 23.2. The number of nitrogens with one attached hydrogen (secondary N) is 1. The molecule has 0 aliphatic carbocycles. The molecule has 0 spiro atoms. The minimum Gasteiger partial charge on any atom is -0.494 e. The second-order valence-electron chi connectivity index (χ2n) is 7.37. The molecule has 4 rings (SSSR count). The number of nitrogens with zero attached hydrogens (tertiary/aromatic N) is 2. The van der Waals surface area contributed by atoms with E-state index in [0.717, 1.165) is 5.39 Å². The van der Waals surface area contributed by atoms with E-state index in [1.165, 1.54) is 10.4 Å². The summed E-state index contributed by atoms with van der Waals surface area (Å²) in [4.78, 5) is 19.9. The standard InChI is InChI=1S/C24H22BrN3O4S/c1-2-32-20-9-10-22-18(13-20)12-19(24(29)27-22)16-28(15-17-6-5-11-26-14-17)33(30,31)23-8-4-3-7-21(23)25/h3-14H,2,15-16H2,1H3,(H,27,29). The molecule has 2 aromatic carbocycles. The molecule has 33 heavy (non-hydrogen) atoms. The maximum Gasteiger partial charge on any atom is 0.252 e. The van der Waals surface area contributed by atoms with Crippen LogP contribution in [-0.2, 0) is 23.1 Å². The lowest BCUT2D eigenvalue weighted by Crippen LogP contribution is -2.32. The molecule has 0 saturated carbocycles. The second-order valence-corrected chi connectivity index (χ2v) is 10.1. The van der Waals surface area contributed by atoms with E-state index in [1.807, 2.05) is 13.0 Å². The molecule has 0 unspecified atom stereocenters. The van der Waals surface area contributed by atoms with Crippen LogP contribution in [-0.4, -0.2) is 29.3 Å². The van der Waals surface area contributed by atoms with Crippen LogP contribution in [0.5, 0.6) is 5.75 Å². The van der Waals surface area contributed by atoms with Crippen molar-refractivity contribution in [1.29, 1.82) is 0 Å². The van der Waals surface area contributed by atoms with Gasteiger partial charge in [0.15, 0.2) is 0 Å². The van der Waals surface area contributed by atoms with E-state index in [0.29, 0.717) is 33.5 Å². The molecule has 1 N–H and O–H groups in total. The summed E-state index contributed by atoms with van der Waals surface area (Å²) in [5.41, 5.74) is 1.35. The molecule has 170 valence electrons. The molecule has 0 amide bonds. The number of benzene rings is 2. The number of hydrogen-bond donors (Lipinski definition) is 1. The van der Waals surface area contributed by atoms with E-state index >= 15 is 0 Å². The first-order valence-electron chi connectivity index (χ1n) is 10.3. The van der Waals surface area contributed by atoms with Gasteiger partial charge in [-0.25, -0.2) is 8.42 Å². The summed E-state index contributed by atoms with van der Waals surface area (Å²) < 4.78 is 34.5. The fourth-order valence-electron chi connectivity index (χ4n) is 3.51. The smallest absolute Gasteiger partial charge is 0.252 e. The number of H-pyrrole nitrogens is 1. The quantitative estimate of drug-likeness (QED) is 0.364. The maximum atomic E-state index is 13.6. The van der Waals surface area contributed by atoms with Gasteiger partial charge in [-0.05, 0) is 70.9 Å². The Morgan fingerprint density at radius 3 is 2.61 bits per heavy atom. The highest BCUT2D eigenvalue weighted by Gasteiger charge is 2.28. The van der Waals surface area contributed by atoms with Crippen molar-refractivity contribution in [3.05, 3.63) is 99.0 Å². The largest absolute Gasteiger partial charge is 0.494 e. The van der Waals surface area contributed by atoms with Crippen molar-refractivity contribution in [3.63, 3.8) is 0 Å². The average molecular weight is 528 g/mol. The van der Waals surface area contributed by atoms with E-state index in [1.54, 1.807) is 60.9 Å². The Kier molecular flexibility index (Phi) is 6.92. The Bertz CT molecular complexity index is 1440. The van der Waals surface area contributed by atoms with Gasteiger partial charge in [-0.1, -0.05) is 18.2 Å². The lowest BCUT2D eigenvalue weighted by atomic mass is 10.1. The highest BCUT2D eigenvalue weighted by Crippen LogP contribution is 2.27. The third-order valence-electron chi connectivity index (χ3n) is 5.09. The molecule has 2 aromatic heterocycles. The second kappa shape index (κ2) is 9.86. The molecule has 7 nitrogen and oxygen atoms in total. The fourth-order valence-corrected chi connectivity index (χ4v) is 5.88. The van der Waals surface area contributed by atoms with Gasteiger partial charge in [0.1, 0.15) is 5.75 Å². The molecule has 0 radical (unpaired) electrons. The number of aromatic amines is 1. The monoisotopic (exact) mass is 527 g/mol. The average Bonchev–Trinajstić information content (AvgIpc) is 2.80. The van der Waals surface area contributed by atoms with Crippen LogP contribution < -0.4 is 10.3 Å². The summed E-state index contributed by atoms with van der Waals surface area (Å²) in [5, 5.41) is 0.759. The number of halogens is 1. The zero-order chi connectivity index (χ0) is 23.4. The van der Waals surface area contributed by atoms with Crippen molar-refractivity contribution in [2.75, 3.05) is 6.61 Å². The van der Waals surface area contributed by atoms with Gasteiger partial charge in [0, 0.05) is 46.4 Å². The predicted octanol–water partition coefficient (Wildman–Crippen LogP) is 4.48. The highest BCUT2D eigenvalue weighted by molar-refractivity contribution is 9.10. The molecular weight excluding hydrogens is 506 g/mol. The zero-order valence-corrected chi connectivity index (χ0v) is 20.3. The van der Waals surface area contributed by atoms with Crippen LogP contribution >= 0.6 is 15.9 Å². The Labute approximate surface area is 200 Å². The van der Waals surface area contributed by atoms with E-state index in [2.05, 4.69) is 25.9 Å². The molecule has 0 aliphatic rings. The Balaban J connectivity index is 1.78. The minimum absolute atomic E-state index is 0.0635. The summed E-state index contributed by atoms with van der Waals surface area (Å²) in [6, 6.07) is 17.3. The van der Waals surface area contributed by atoms with Gasteiger partial charge in [-0.3, -0.25) is 9.78 Å². The van der Waals surface area contributed by atoms with Gasteiger partial charge < -0.3 is 9.72 Å². The molecule has 2 heterocycles. The lowest BCUT2D eigenvalue weighted by molar-refractivity contribution is 0.340. The zero-order valence-electron chi connectivity index (χ0n) is 17.9. The van der Waals surface area contributed by atoms with Gasteiger partial charge in [-0.2, -0.15) is 4.31 Å².